The summed E-state index contributed by atoms with van der Waals surface area (Å²) in [5, 5.41) is 22.4. The lowest BCUT2D eigenvalue weighted by Crippen LogP contribution is -2.58. The van der Waals surface area contributed by atoms with Crippen molar-refractivity contribution in [2.75, 3.05) is 45.9 Å². The highest BCUT2D eigenvalue weighted by atomic mass is 32.1. The number of aryl methyl sites for hydroxylation is 1. The Morgan fingerprint density at radius 2 is 1.46 bits per heavy atom. The van der Waals surface area contributed by atoms with E-state index in [2.05, 4.69) is 26.3 Å². The molecule has 5 aromatic rings. The van der Waals surface area contributed by atoms with E-state index in [1.54, 1.807) is 42.5 Å². The van der Waals surface area contributed by atoms with Gasteiger partial charge in [0.25, 0.3) is 5.91 Å². The molecule has 2 aromatic heterocycles. The highest BCUT2D eigenvalue weighted by Gasteiger charge is 2.51. The summed E-state index contributed by atoms with van der Waals surface area (Å²) in [7, 11) is -5.87. The van der Waals surface area contributed by atoms with Crippen molar-refractivity contribution in [1.82, 2.24) is 41.0 Å². The van der Waals surface area contributed by atoms with Crippen LogP contribution in [0.3, 0.4) is 0 Å². The number of amides is 7. The fraction of sp³-hybridized carbons (Fsp3) is 0.524. The van der Waals surface area contributed by atoms with Crippen molar-refractivity contribution in [3.05, 3.63) is 112 Å². The second-order valence-corrected chi connectivity index (χ2v) is 28.9. The van der Waals surface area contributed by atoms with E-state index in [1.807, 2.05) is 89.2 Å². The maximum Gasteiger partial charge on any atom is 0.399 e. The van der Waals surface area contributed by atoms with Crippen molar-refractivity contribution < 1.29 is 71.3 Å². The molecule has 89 heavy (non-hydrogen) atoms. The van der Waals surface area contributed by atoms with Crippen LogP contribution in [0.25, 0.3) is 20.5 Å². The van der Waals surface area contributed by atoms with Gasteiger partial charge in [0.05, 0.1) is 52.4 Å². The van der Waals surface area contributed by atoms with E-state index < -0.39 is 102 Å². The molecular weight excluding hydrogens is 1210 g/mol. The summed E-state index contributed by atoms with van der Waals surface area (Å²) in [6.07, 6.45) is 0.479. The number of aliphatic hydroxyl groups excluding tert-OH is 1. The molecular formula is C63H81F2N8O13PS2. The number of aromatic nitrogens is 1. The number of carbonyl (C=O) groups excluding carboxylic acids is 7. The molecule has 8 atom stereocenters. The summed E-state index contributed by atoms with van der Waals surface area (Å²) < 4.78 is 53.4. The van der Waals surface area contributed by atoms with Crippen LogP contribution in [0.1, 0.15) is 138 Å². The Labute approximate surface area is 524 Å². The second-order valence-electron chi connectivity index (χ2n) is 25.3. The standard InChI is InChI=1S/C63H81F2N8O13PS2/c1-37(39-19-21-41(22-20-39)53-38(2)67-36-88-53)68-56(77)46-30-44(74)32-72(46)59(80)54(61(3,4)5)69-51(75)18-14-9-10-15-25-66-52(76)35-86-45-31-47(58(79)71-26-27-85-48(34-71)40-16-12-11-13-17-40)73(33-45)60(81)55(62(6,7)8)70-57(78)50-29-42-28-43(23-24-49(42)89-50)63(64,65)87(82,83)84/h11-13,16-17,19-24,28-29,36-37,44-48,54-55,74H,9-10,14-15,18,25-27,30-35H2,1-8H3,(H,66,76)(H,68,77)(H,69,75)(H,70,78)(H2,82,83,84)/t37?,44-,45+,46+,47+,48+,54?,55?/m1/s1. The molecule has 482 valence electrons. The van der Waals surface area contributed by atoms with Crippen LogP contribution in [0.5, 0.6) is 0 Å². The number of fused-ring (bicyclic) bond motifs is 1. The van der Waals surface area contributed by atoms with Gasteiger partial charge in [-0.2, -0.15) is 8.78 Å². The first-order valence-corrected chi connectivity index (χ1v) is 33.2. The normalized spacial score (nSPS) is 20.2. The number of thiazole rings is 1. The Kier molecular flexibility index (Phi) is 22.1. The average molecular weight is 1290 g/mol. The number of unbranched alkanes of at least 4 members (excludes halogenated alkanes) is 3. The molecule has 3 fully saturated rings. The van der Waals surface area contributed by atoms with Crippen molar-refractivity contribution in [1.29, 1.82) is 0 Å². The lowest BCUT2D eigenvalue weighted by atomic mass is 9.85. The van der Waals surface area contributed by atoms with Gasteiger partial charge in [-0.3, -0.25) is 38.1 Å². The number of thiophene rings is 1. The van der Waals surface area contributed by atoms with Crippen molar-refractivity contribution in [3.8, 4) is 10.4 Å². The van der Waals surface area contributed by atoms with Crippen LogP contribution < -0.4 is 21.3 Å². The maximum atomic E-state index is 14.9. The monoisotopic (exact) mass is 1290 g/mol. The Morgan fingerprint density at radius 3 is 2.11 bits per heavy atom. The smallest absolute Gasteiger partial charge is 0.391 e. The van der Waals surface area contributed by atoms with Crippen LogP contribution in [0.4, 0.5) is 8.78 Å². The van der Waals surface area contributed by atoms with Crippen molar-refractivity contribution in [2.45, 2.75) is 155 Å². The number of ether oxygens (including phenoxy) is 2. The molecule has 0 bridgehead atoms. The summed E-state index contributed by atoms with van der Waals surface area (Å²) in [6, 6.07) is 17.0. The minimum Gasteiger partial charge on any atom is -0.391 e. The molecule has 21 nitrogen and oxygen atoms in total. The van der Waals surface area contributed by atoms with Gasteiger partial charge in [-0.25, -0.2) is 4.98 Å². The molecule has 3 aliphatic rings. The zero-order valence-corrected chi connectivity index (χ0v) is 53.9. The molecule has 0 saturated carbocycles. The molecule has 7 amide bonds. The Morgan fingerprint density at radius 1 is 0.798 bits per heavy atom. The number of rotatable bonds is 23. The first kappa shape index (κ1) is 68.3. The number of benzene rings is 3. The molecule has 0 radical (unpaired) electrons. The third-order valence-electron chi connectivity index (χ3n) is 16.4. The van der Waals surface area contributed by atoms with Crippen molar-refractivity contribution in [2.24, 2.45) is 10.8 Å². The number of nitrogens with one attached hydrogen (secondary N) is 4. The fourth-order valence-electron chi connectivity index (χ4n) is 11.3. The summed E-state index contributed by atoms with van der Waals surface area (Å²) >= 11 is 2.48. The summed E-state index contributed by atoms with van der Waals surface area (Å²) in [5.74, 6) is -3.30. The number of halogens is 2. The summed E-state index contributed by atoms with van der Waals surface area (Å²) in [4.78, 5) is 127. The fourth-order valence-corrected chi connectivity index (χ4v) is 13.6. The molecule has 3 aromatic carbocycles. The first-order chi connectivity index (χ1) is 41.9. The van der Waals surface area contributed by atoms with Gasteiger partial charge < -0.3 is 60.3 Å². The number of likely N-dealkylation sites (tertiary alicyclic amines) is 2. The van der Waals surface area contributed by atoms with E-state index in [9.17, 15) is 61.8 Å². The predicted octanol–water partition coefficient (Wildman–Crippen LogP) is 7.73. The number of β-amino-alcohol motifs (C(OH)–C–C–N with tert-alkyl or cyclic N) is 1. The van der Waals surface area contributed by atoms with E-state index in [0.29, 0.717) is 36.9 Å². The van der Waals surface area contributed by atoms with Gasteiger partial charge in [-0.05, 0) is 77.8 Å². The second kappa shape index (κ2) is 28.7. The van der Waals surface area contributed by atoms with Crippen molar-refractivity contribution >= 4 is 81.7 Å². The SMILES string of the molecule is Cc1ncsc1-c1ccc(C(C)NC(=O)[C@@H]2C[C@@H](O)CN2C(=O)C(NC(=O)CCCCCCNC(=O)CO[C@H]2C[C@@H](C(=O)N3CCO[C@H](c4ccccc4)C3)N(C(=O)C(NC(=O)c3cc4cc(C(F)(F)P(=O)(O)O)ccc4s3)C(C)(C)C)C2)C(C)(C)C)cc1. The van der Waals surface area contributed by atoms with E-state index in [0.717, 1.165) is 50.7 Å². The van der Waals surface area contributed by atoms with Gasteiger partial charge in [0.2, 0.25) is 35.4 Å². The zero-order chi connectivity index (χ0) is 64.8. The van der Waals surface area contributed by atoms with Crippen LogP contribution in [0.2, 0.25) is 0 Å². The molecule has 3 saturated heterocycles. The quantitative estimate of drug-likeness (QED) is 0.0243. The molecule has 3 aliphatic heterocycles. The number of hydrogen-bond donors (Lipinski definition) is 7. The number of hydrogen-bond acceptors (Lipinski definition) is 14. The number of nitrogens with zero attached hydrogens (tertiary/aromatic N) is 4. The molecule has 7 N–H and O–H groups in total. The summed E-state index contributed by atoms with van der Waals surface area (Å²) in [6.45, 7) is 14.9. The Balaban J connectivity index is 0.818. The number of alkyl halides is 2. The number of aliphatic hydroxyl groups is 1. The number of carbonyl (C=O) groups is 7. The third kappa shape index (κ3) is 16.9. The predicted molar refractivity (Wildman–Crippen MR) is 332 cm³/mol. The topological polar surface area (TPSA) is 286 Å². The third-order valence-corrected chi connectivity index (χ3v) is 19.5. The van der Waals surface area contributed by atoms with E-state index >= 15 is 0 Å². The lowest BCUT2D eigenvalue weighted by Gasteiger charge is -2.38. The molecule has 0 spiro atoms. The van der Waals surface area contributed by atoms with Gasteiger partial charge in [-0.1, -0.05) is 115 Å². The van der Waals surface area contributed by atoms with Gasteiger partial charge in [-0.15, -0.1) is 22.7 Å². The largest absolute Gasteiger partial charge is 0.399 e. The highest BCUT2D eigenvalue weighted by Crippen LogP contribution is 2.59. The van der Waals surface area contributed by atoms with Crippen LogP contribution in [-0.4, -0.2) is 158 Å². The van der Waals surface area contributed by atoms with E-state index in [1.165, 1.54) is 21.9 Å². The van der Waals surface area contributed by atoms with Crippen LogP contribution in [0, 0.1) is 17.8 Å². The van der Waals surface area contributed by atoms with Gasteiger partial charge in [0.1, 0.15) is 36.9 Å². The van der Waals surface area contributed by atoms with E-state index in [4.69, 9.17) is 9.47 Å². The van der Waals surface area contributed by atoms with Gasteiger partial charge >= 0.3 is 13.3 Å². The Bertz CT molecular complexity index is 3410. The minimum absolute atomic E-state index is 0.0365. The Hall–Kier alpha value is -6.57. The van der Waals surface area contributed by atoms with Crippen molar-refractivity contribution in [3.63, 3.8) is 0 Å². The summed E-state index contributed by atoms with van der Waals surface area (Å²) in [5.41, 5.74) is -1.59. The molecule has 3 unspecified atom stereocenters. The van der Waals surface area contributed by atoms with Crippen LogP contribution in [-0.2, 0) is 48.5 Å². The van der Waals surface area contributed by atoms with E-state index in [-0.39, 0.29) is 86.8 Å². The number of morpholine rings is 1. The molecule has 0 aliphatic carbocycles. The highest BCUT2D eigenvalue weighted by molar-refractivity contribution is 7.52. The lowest BCUT2D eigenvalue weighted by molar-refractivity contribution is -0.150. The van der Waals surface area contributed by atoms with Crippen LogP contribution >= 0.6 is 30.3 Å². The van der Waals surface area contributed by atoms with Gasteiger partial charge in [0, 0.05) is 55.7 Å². The first-order valence-electron chi connectivity index (χ1n) is 29.9. The molecule has 5 heterocycles. The maximum absolute atomic E-state index is 14.9. The molecule has 8 rings (SSSR count). The van der Waals surface area contributed by atoms with Gasteiger partial charge in [0.15, 0.2) is 0 Å². The average Bonchev–Trinajstić information content (AvgIpc) is 1.88. The zero-order valence-electron chi connectivity index (χ0n) is 51.3. The van der Waals surface area contributed by atoms with Crippen LogP contribution in [0.15, 0.2) is 84.4 Å². The molecule has 26 heteroatoms. The minimum atomic E-state index is -5.87.